The maximum Gasteiger partial charge on any atom is 0.264 e. The van der Waals surface area contributed by atoms with Crippen molar-refractivity contribution in [2.24, 2.45) is 5.92 Å². The SMILES string of the molecule is CC(CNC1CC1)Cn1cc(Br)cc(Br)c1=O. The molecule has 1 N–H and O–H groups in total. The van der Waals surface area contributed by atoms with Gasteiger partial charge in [0.05, 0.1) is 4.47 Å². The first-order valence-electron chi connectivity index (χ1n) is 5.85. The molecule has 0 saturated heterocycles. The number of aromatic nitrogens is 1. The predicted octanol–water partition coefficient (Wildman–Crippen LogP) is 2.76. The zero-order valence-electron chi connectivity index (χ0n) is 9.75. The van der Waals surface area contributed by atoms with Crippen molar-refractivity contribution < 1.29 is 0 Å². The molecule has 1 saturated carbocycles. The van der Waals surface area contributed by atoms with Crippen LogP contribution in [0.5, 0.6) is 0 Å². The van der Waals surface area contributed by atoms with Gasteiger partial charge in [0.2, 0.25) is 0 Å². The lowest BCUT2D eigenvalue weighted by Crippen LogP contribution is -2.29. The number of pyridine rings is 1. The molecule has 17 heavy (non-hydrogen) atoms. The van der Waals surface area contributed by atoms with Gasteiger partial charge in [-0.25, -0.2) is 0 Å². The number of halogens is 2. The van der Waals surface area contributed by atoms with Crippen LogP contribution in [0.25, 0.3) is 0 Å². The third-order valence-electron chi connectivity index (χ3n) is 2.85. The van der Waals surface area contributed by atoms with Gasteiger partial charge in [0.25, 0.3) is 5.56 Å². The second-order valence-electron chi connectivity index (χ2n) is 4.75. The van der Waals surface area contributed by atoms with Crippen molar-refractivity contribution in [1.29, 1.82) is 0 Å². The summed E-state index contributed by atoms with van der Waals surface area (Å²) in [5.41, 5.74) is 0.0338. The molecule has 0 spiro atoms. The smallest absolute Gasteiger partial charge is 0.264 e. The minimum absolute atomic E-state index is 0.0338. The Balaban J connectivity index is 1.98. The fourth-order valence-electron chi connectivity index (χ4n) is 1.76. The van der Waals surface area contributed by atoms with Crippen LogP contribution in [0.4, 0.5) is 0 Å². The standard InChI is InChI=1S/C12H16Br2N2O/c1-8(5-15-10-2-3-10)6-16-7-9(13)4-11(14)12(16)17/h4,7-8,10,15H,2-3,5-6H2,1H3. The highest BCUT2D eigenvalue weighted by Gasteiger charge is 2.21. The van der Waals surface area contributed by atoms with Crippen LogP contribution in [0.2, 0.25) is 0 Å². The monoisotopic (exact) mass is 362 g/mol. The van der Waals surface area contributed by atoms with E-state index in [2.05, 4.69) is 44.1 Å². The molecule has 1 atom stereocenters. The largest absolute Gasteiger partial charge is 0.314 e. The molecule has 1 unspecified atom stereocenters. The van der Waals surface area contributed by atoms with Crippen LogP contribution in [0.15, 0.2) is 26.0 Å². The van der Waals surface area contributed by atoms with Crippen LogP contribution in [-0.4, -0.2) is 17.2 Å². The summed E-state index contributed by atoms with van der Waals surface area (Å²) in [5.74, 6) is 0.453. The van der Waals surface area contributed by atoms with Crippen molar-refractivity contribution in [2.45, 2.75) is 32.4 Å². The zero-order chi connectivity index (χ0) is 12.4. The van der Waals surface area contributed by atoms with Crippen molar-refractivity contribution in [1.82, 2.24) is 9.88 Å². The molecule has 94 valence electrons. The highest BCUT2D eigenvalue weighted by molar-refractivity contribution is 9.11. The molecule has 1 aromatic rings. The van der Waals surface area contributed by atoms with Gasteiger partial charge in [-0.05, 0) is 63.2 Å². The lowest BCUT2D eigenvalue weighted by atomic mass is 10.2. The van der Waals surface area contributed by atoms with Crippen LogP contribution in [0.3, 0.4) is 0 Å². The molecular weight excluding hydrogens is 348 g/mol. The first-order chi connectivity index (χ1) is 8.06. The highest BCUT2D eigenvalue weighted by Crippen LogP contribution is 2.19. The molecule has 2 rings (SSSR count). The molecule has 1 aromatic heterocycles. The number of hydrogen-bond donors (Lipinski definition) is 1. The number of hydrogen-bond acceptors (Lipinski definition) is 2. The lowest BCUT2D eigenvalue weighted by Gasteiger charge is -2.14. The van der Waals surface area contributed by atoms with Gasteiger partial charge >= 0.3 is 0 Å². The number of nitrogens with zero attached hydrogens (tertiary/aromatic N) is 1. The average Bonchev–Trinajstić information content (AvgIpc) is 3.06. The molecule has 1 aliphatic carbocycles. The molecule has 0 aliphatic heterocycles. The second kappa shape index (κ2) is 5.67. The quantitative estimate of drug-likeness (QED) is 0.872. The van der Waals surface area contributed by atoms with E-state index >= 15 is 0 Å². The molecule has 0 amide bonds. The fourth-order valence-corrected chi connectivity index (χ4v) is 3.01. The van der Waals surface area contributed by atoms with Crippen molar-refractivity contribution in [3.05, 3.63) is 31.6 Å². The molecule has 0 radical (unpaired) electrons. The molecule has 5 heteroatoms. The summed E-state index contributed by atoms with van der Waals surface area (Å²) in [6, 6.07) is 2.51. The van der Waals surface area contributed by atoms with Gasteiger partial charge in [-0.3, -0.25) is 4.79 Å². The van der Waals surface area contributed by atoms with E-state index in [9.17, 15) is 4.79 Å². The van der Waals surface area contributed by atoms with Gasteiger partial charge in [-0.15, -0.1) is 0 Å². The van der Waals surface area contributed by atoms with Crippen LogP contribution in [0, 0.1) is 5.92 Å². The summed E-state index contributed by atoms with van der Waals surface area (Å²) < 4.78 is 3.29. The van der Waals surface area contributed by atoms with Crippen LogP contribution in [0.1, 0.15) is 19.8 Å². The van der Waals surface area contributed by atoms with Gasteiger partial charge in [-0.1, -0.05) is 6.92 Å². The average molecular weight is 364 g/mol. The summed E-state index contributed by atoms with van der Waals surface area (Å²) in [5, 5.41) is 3.49. The molecular formula is C12H16Br2N2O. The summed E-state index contributed by atoms with van der Waals surface area (Å²) in [6.07, 6.45) is 4.45. The first kappa shape index (κ1) is 13.3. The minimum Gasteiger partial charge on any atom is -0.314 e. The highest BCUT2D eigenvalue weighted by atomic mass is 79.9. The van der Waals surface area contributed by atoms with Crippen LogP contribution < -0.4 is 10.9 Å². The molecule has 3 nitrogen and oxygen atoms in total. The van der Waals surface area contributed by atoms with Crippen molar-refractivity contribution >= 4 is 31.9 Å². The molecule has 1 heterocycles. The number of nitrogens with one attached hydrogen (secondary N) is 1. The summed E-state index contributed by atoms with van der Waals surface area (Å²) in [6.45, 7) is 3.88. The lowest BCUT2D eigenvalue weighted by molar-refractivity contribution is 0.436. The first-order valence-corrected chi connectivity index (χ1v) is 7.43. The Morgan fingerprint density at radius 3 is 2.88 bits per heavy atom. The number of rotatable bonds is 5. The normalized spacial score (nSPS) is 17.1. The fraction of sp³-hybridized carbons (Fsp3) is 0.583. The van der Waals surface area contributed by atoms with Crippen molar-refractivity contribution in [2.75, 3.05) is 6.54 Å². The van der Waals surface area contributed by atoms with E-state index in [1.165, 1.54) is 12.8 Å². The summed E-state index contributed by atoms with van der Waals surface area (Å²) >= 11 is 6.68. The van der Waals surface area contributed by atoms with E-state index in [-0.39, 0.29) is 5.56 Å². The van der Waals surface area contributed by atoms with Crippen LogP contribution in [-0.2, 0) is 6.54 Å². The summed E-state index contributed by atoms with van der Waals surface area (Å²) in [7, 11) is 0. The topological polar surface area (TPSA) is 34.0 Å². The van der Waals surface area contributed by atoms with Gasteiger partial charge in [0.15, 0.2) is 0 Å². The van der Waals surface area contributed by atoms with E-state index in [0.29, 0.717) is 10.4 Å². The van der Waals surface area contributed by atoms with E-state index < -0.39 is 0 Å². The molecule has 0 bridgehead atoms. The van der Waals surface area contributed by atoms with E-state index in [1.807, 2.05) is 6.20 Å². The van der Waals surface area contributed by atoms with Gasteiger partial charge < -0.3 is 9.88 Å². The molecule has 1 fully saturated rings. The maximum absolute atomic E-state index is 11.9. The Bertz CT molecular complexity index is 454. The Hall–Kier alpha value is -0.130. The van der Waals surface area contributed by atoms with Gasteiger partial charge in [0.1, 0.15) is 0 Å². The third kappa shape index (κ3) is 3.93. The Morgan fingerprint density at radius 2 is 2.24 bits per heavy atom. The second-order valence-corrected chi connectivity index (χ2v) is 6.52. The molecule has 1 aliphatic rings. The zero-order valence-corrected chi connectivity index (χ0v) is 12.9. The predicted molar refractivity (Wildman–Crippen MR) is 76.3 cm³/mol. The Labute approximate surface area is 118 Å². The van der Waals surface area contributed by atoms with Gasteiger partial charge in [0, 0.05) is 23.3 Å². The van der Waals surface area contributed by atoms with Crippen molar-refractivity contribution in [3.8, 4) is 0 Å². The third-order valence-corrected chi connectivity index (χ3v) is 3.85. The van der Waals surface area contributed by atoms with E-state index in [0.717, 1.165) is 23.6 Å². The minimum atomic E-state index is 0.0338. The maximum atomic E-state index is 11.9. The van der Waals surface area contributed by atoms with Crippen LogP contribution >= 0.6 is 31.9 Å². The van der Waals surface area contributed by atoms with E-state index in [1.54, 1.807) is 10.6 Å². The van der Waals surface area contributed by atoms with Gasteiger partial charge in [-0.2, -0.15) is 0 Å². The summed E-state index contributed by atoms with van der Waals surface area (Å²) in [4.78, 5) is 11.9. The van der Waals surface area contributed by atoms with E-state index in [4.69, 9.17) is 0 Å². The Kier molecular flexibility index (Phi) is 4.44. The Morgan fingerprint density at radius 1 is 1.53 bits per heavy atom. The molecule has 0 aromatic carbocycles. The van der Waals surface area contributed by atoms with Crippen molar-refractivity contribution in [3.63, 3.8) is 0 Å².